The number of hydrogen-bond donors (Lipinski definition) is 4. The van der Waals surface area contributed by atoms with Gasteiger partial charge in [-0.3, -0.25) is 14.4 Å². The molecule has 0 fully saturated rings. The lowest BCUT2D eigenvalue weighted by Crippen LogP contribution is -2.32. The maximum atomic E-state index is 12.3. The Kier molecular flexibility index (Phi) is 4.76. The summed E-state index contributed by atoms with van der Waals surface area (Å²) >= 11 is 0. The summed E-state index contributed by atoms with van der Waals surface area (Å²) < 4.78 is 0. The van der Waals surface area contributed by atoms with E-state index in [2.05, 4.69) is 15.3 Å². The fraction of sp³-hybridized carbons (Fsp3) is 0.111. The average Bonchev–Trinajstić information content (AvgIpc) is 2.62. The maximum Gasteiger partial charge on any atom is 0.320 e. The number of hydrogen-bond acceptors (Lipinski definition) is 5. The summed E-state index contributed by atoms with van der Waals surface area (Å²) in [5.74, 6) is -1.71. The number of benzene rings is 2. The van der Waals surface area contributed by atoms with Gasteiger partial charge in [-0.2, -0.15) is 0 Å². The molecule has 2 aromatic carbocycles. The Labute approximate surface area is 147 Å². The van der Waals surface area contributed by atoms with E-state index in [1.54, 1.807) is 48.5 Å². The predicted molar refractivity (Wildman–Crippen MR) is 96.1 cm³/mol. The van der Waals surface area contributed by atoms with Gasteiger partial charge in [-0.25, -0.2) is 4.98 Å². The molecule has 5 N–H and O–H groups in total. The number of aromatic amines is 1. The predicted octanol–water partition coefficient (Wildman–Crippen LogP) is 1.13. The Morgan fingerprint density at radius 1 is 1.15 bits per heavy atom. The second kappa shape index (κ2) is 7.16. The number of nitrogens with two attached hydrogens (primary N) is 1. The molecule has 0 radical (unpaired) electrons. The van der Waals surface area contributed by atoms with E-state index in [9.17, 15) is 14.4 Å². The highest BCUT2D eigenvalue weighted by Gasteiger charge is 2.15. The molecule has 3 rings (SSSR count). The lowest BCUT2D eigenvalue weighted by Gasteiger charge is -2.08. The second-order valence-corrected chi connectivity index (χ2v) is 5.73. The van der Waals surface area contributed by atoms with Crippen LogP contribution in [0.1, 0.15) is 16.1 Å². The molecule has 1 aromatic heterocycles. The van der Waals surface area contributed by atoms with E-state index in [4.69, 9.17) is 10.8 Å². The van der Waals surface area contributed by atoms with Gasteiger partial charge >= 0.3 is 5.97 Å². The molecule has 0 saturated carbocycles. The molecule has 1 heterocycles. The molecule has 1 unspecified atom stereocenters. The second-order valence-electron chi connectivity index (χ2n) is 5.73. The Morgan fingerprint density at radius 3 is 2.54 bits per heavy atom. The van der Waals surface area contributed by atoms with Crippen molar-refractivity contribution in [1.82, 2.24) is 9.97 Å². The zero-order valence-electron chi connectivity index (χ0n) is 13.6. The Balaban J connectivity index is 1.77. The van der Waals surface area contributed by atoms with E-state index in [1.165, 1.54) is 0 Å². The smallest absolute Gasteiger partial charge is 0.320 e. The lowest BCUT2D eigenvalue weighted by atomic mass is 10.1. The van der Waals surface area contributed by atoms with Gasteiger partial charge in [-0.1, -0.05) is 24.3 Å². The number of amides is 1. The molecule has 26 heavy (non-hydrogen) atoms. The minimum absolute atomic E-state index is 0.176. The number of para-hydroxylation sites is 2. The van der Waals surface area contributed by atoms with E-state index in [-0.39, 0.29) is 12.1 Å². The number of rotatable bonds is 5. The third-order valence-corrected chi connectivity index (χ3v) is 3.80. The monoisotopic (exact) mass is 352 g/mol. The zero-order valence-corrected chi connectivity index (χ0v) is 13.6. The van der Waals surface area contributed by atoms with Crippen LogP contribution < -0.4 is 16.6 Å². The van der Waals surface area contributed by atoms with E-state index in [0.29, 0.717) is 16.7 Å². The standard InChI is InChI=1S/C18H16N4O4/c19-12(18(25)26)9-10-5-7-11(8-6-10)20-16(23)15-17(24)22-14-4-2-1-3-13(14)21-15/h1-8,12H,9,19H2,(H,20,23)(H,22,24)(H,25,26). The highest BCUT2D eigenvalue weighted by molar-refractivity contribution is 6.03. The van der Waals surface area contributed by atoms with Crippen LogP contribution >= 0.6 is 0 Å². The number of carbonyl (C=O) groups excluding carboxylic acids is 1. The molecule has 0 aliphatic heterocycles. The van der Waals surface area contributed by atoms with Gasteiger partial charge < -0.3 is 21.1 Å². The van der Waals surface area contributed by atoms with E-state index >= 15 is 0 Å². The number of H-pyrrole nitrogens is 1. The number of fused-ring (bicyclic) bond motifs is 1. The van der Waals surface area contributed by atoms with Gasteiger partial charge in [0.1, 0.15) is 6.04 Å². The first-order valence-corrected chi connectivity index (χ1v) is 7.82. The quantitative estimate of drug-likeness (QED) is 0.543. The van der Waals surface area contributed by atoms with Crippen molar-refractivity contribution in [2.45, 2.75) is 12.5 Å². The highest BCUT2D eigenvalue weighted by Crippen LogP contribution is 2.12. The van der Waals surface area contributed by atoms with E-state index in [1.807, 2.05) is 0 Å². The van der Waals surface area contributed by atoms with Crippen molar-refractivity contribution in [3.63, 3.8) is 0 Å². The Hall–Kier alpha value is -3.52. The summed E-state index contributed by atoms with van der Waals surface area (Å²) in [7, 11) is 0. The fourth-order valence-electron chi connectivity index (χ4n) is 2.44. The van der Waals surface area contributed by atoms with Crippen molar-refractivity contribution < 1.29 is 14.7 Å². The highest BCUT2D eigenvalue weighted by atomic mass is 16.4. The Bertz CT molecular complexity index is 1030. The molecule has 0 spiro atoms. The van der Waals surface area contributed by atoms with Crippen LogP contribution in [0.25, 0.3) is 11.0 Å². The molecule has 1 atom stereocenters. The number of carboxylic acids is 1. The van der Waals surface area contributed by atoms with Crippen LogP contribution in [0.3, 0.4) is 0 Å². The van der Waals surface area contributed by atoms with Gasteiger partial charge in [-0.15, -0.1) is 0 Å². The first-order valence-electron chi connectivity index (χ1n) is 7.82. The summed E-state index contributed by atoms with van der Waals surface area (Å²) in [4.78, 5) is 41.9. The summed E-state index contributed by atoms with van der Waals surface area (Å²) in [6.07, 6.45) is 0.176. The minimum Gasteiger partial charge on any atom is -0.480 e. The van der Waals surface area contributed by atoms with Crippen molar-refractivity contribution in [1.29, 1.82) is 0 Å². The molecular formula is C18H16N4O4. The van der Waals surface area contributed by atoms with Gasteiger partial charge in [0.15, 0.2) is 5.69 Å². The van der Waals surface area contributed by atoms with E-state index in [0.717, 1.165) is 5.56 Å². The lowest BCUT2D eigenvalue weighted by molar-refractivity contribution is -0.138. The number of nitrogens with zero attached hydrogens (tertiary/aromatic N) is 1. The van der Waals surface area contributed by atoms with Crippen LogP contribution in [0.4, 0.5) is 5.69 Å². The molecule has 0 bridgehead atoms. The number of aliphatic carboxylic acids is 1. The first kappa shape index (κ1) is 17.3. The van der Waals surface area contributed by atoms with Crippen molar-refractivity contribution in [3.8, 4) is 0 Å². The average molecular weight is 352 g/mol. The van der Waals surface area contributed by atoms with Crippen molar-refractivity contribution in [2.75, 3.05) is 5.32 Å². The number of nitrogens with one attached hydrogen (secondary N) is 2. The van der Waals surface area contributed by atoms with Crippen LogP contribution in [0.2, 0.25) is 0 Å². The summed E-state index contributed by atoms with van der Waals surface area (Å²) in [5, 5.41) is 11.4. The third-order valence-electron chi connectivity index (χ3n) is 3.80. The van der Waals surface area contributed by atoms with Gasteiger partial charge in [0.25, 0.3) is 11.5 Å². The number of aromatic nitrogens is 2. The largest absolute Gasteiger partial charge is 0.480 e. The summed E-state index contributed by atoms with van der Waals surface area (Å²) in [5.41, 5.74) is 6.91. The summed E-state index contributed by atoms with van der Waals surface area (Å²) in [6.45, 7) is 0. The SMILES string of the molecule is NC(Cc1ccc(NC(=O)c2nc3ccccc3[nH]c2=O)cc1)C(=O)O. The van der Waals surface area contributed by atoms with E-state index < -0.39 is 23.5 Å². The first-order chi connectivity index (χ1) is 12.4. The molecule has 0 aliphatic rings. The molecule has 8 nitrogen and oxygen atoms in total. The van der Waals surface area contributed by atoms with Crippen LogP contribution in [0, 0.1) is 0 Å². The van der Waals surface area contributed by atoms with Crippen molar-refractivity contribution >= 4 is 28.6 Å². The molecule has 132 valence electrons. The number of carboxylic acid groups (broad SMARTS) is 1. The van der Waals surface area contributed by atoms with Crippen LogP contribution in [-0.4, -0.2) is 33.0 Å². The third kappa shape index (κ3) is 3.76. The molecule has 8 heteroatoms. The van der Waals surface area contributed by atoms with Gasteiger partial charge in [0.05, 0.1) is 11.0 Å². The minimum atomic E-state index is -1.08. The summed E-state index contributed by atoms with van der Waals surface area (Å²) in [6, 6.07) is 12.5. The van der Waals surface area contributed by atoms with Gasteiger partial charge in [0, 0.05) is 5.69 Å². The Morgan fingerprint density at radius 2 is 1.85 bits per heavy atom. The van der Waals surface area contributed by atoms with Crippen molar-refractivity contribution in [3.05, 3.63) is 70.1 Å². The number of anilines is 1. The van der Waals surface area contributed by atoms with Crippen molar-refractivity contribution in [2.24, 2.45) is 5.73 Å². The van der Waals surface area contributed by atoms with Crippen LogP contribution in [0.5, 0.6) is 0 Å². The van der Waals surface area contributed by atoms with Crippen LogP contribution in [-0.2, 0) is 11.2 Å². The van der Waals surface area contributed by atoms with Gasteiger partial charge in [0.2, 0.25) is 0 Å². The zero-order chi connectivity index (χ0) is 18.7. The van der Waals surface area contributed by atoms with Crippen LogP contribution in [0.15, 0.2) is 53.3 Å². The molecule has 3 aromatic rings. The molecule has 0 aliphatic carbocycles. The molecule has 1 amide bonds. The molecular weight excluding hydrogens is 336 g/mol. The maximum absolute atomic E-state index is 12.3. The fourth-order valence-corrected chi connectivity index (χ4v) is 2.44. The number of carbonyl (C=O) groups is 2. The molecule has 0 saturated heterocycles. The van der Waals surface area contributed by atoms with Gasteiger partial charge in [-0.05, 0) is 36.2 Å². The topological polar surface area (TPSA) is 138 Å². The normalized spacial score (nSPS) is 11.9.